The third-order valence-corrected chi connectivity index (χ3v) is 3.78. The molecular formula is C19H25N3O. The number of amides is 1. The molecule has 0 aliphatic rings. The average Bonchev–Trinajstić information content (AvgIpc) is 2.57. The first-order valence-corrected chi connectivity index (χ1v) is 7.97. The van der Waals surface area contributed by atoms with Crippen LogP contribution in [0.25, 0.3) is 0 Å². The predicted octanol–water partition coefficient (Wildman–Crippen LogP) is 3.61. The van der Waals surface area contributed by atoms with Crippen LogP contribution in [0.4, 0.5) is 17.1 Å². The van der Waals surface area contributed by atoms with Gasteiger partial charge in [-0.1, -0.05) is 18.2 Å². The molecule has 0 aliphatic heterocycles. The monoisotopic (exact) mass is 311 g/mol. The van der Waals surface area contributed by atoms with Gasteiger partial charge >= 0.3 is 0 Å². The molecule has 0 radical (unpaired) electrons. The fourth-order valence-corrected chi connectivity index (χ4v) is 2.41. The molecule has 2 aromatic carbocycles. The van der Waals surface area contributed by atoms with Gasteiger partial charge in [0.25, 0.3) is 0 Å². The summed E-state index contributed by atoms with van der Waals surface area (Å²) >= 11 is 0. The summed E-state index contributed by atoms with van der Waals surface area (Å²) in [6, 6.07) is 18.0. The molecule has 4 nitrogen and oxygen atoms in total. The van der Waals surface area contributed by atoms with Crippen molar-refractivity contribution in [2.24, 2.45) is 0 Å². The Morgan fingerprint density at radius 3 is 2.17 bits per heavy atom. The third kappa shape index (κ3) is 5.02. The zero-order valence-corrected chi connectivity index (χ0v) is 14.1. The number of rotatable bonds is 7. The van der Waals surface area contributed by atoms with E-state index in [-0.39, 0.29) is 5.91 Å². The molecule has 0 aliphatic carbocycles. The van der Waals surface area contributed by atoms with E-state index in [0.29, 0.717) is 13.0 Å². The summed E-state index contributed by atoms with van der Waals surface area (Å²) in [7, 11) is 3.99. The van der Waals surface area contributed by atoms with Crippen LogP contribution >= 0.6 is 0 Å². The minimum absolute atomic E-state index is 0.0389. The van der Waals surface area contributed by atoms with Crippen molar-refractivity contribution in [3.8, 4) is 0 Å². The minimum Gasteiger partial charge on any atom is -0.378 e. The number of hydrogen-bond donors (Lipinski definition) is 1. The number of nitrogens with zero attached hydrogens (tertiary/aromatic N) is 2. The highest BCUT2D eigenvalue weighted by atomic mass is 16.1. The van der Waals surface area contributed by atoms with Gasteiger partial charge in [0.05, 0.1) is 0 Å². The lowest BCUT2D eigenvalue weighted by Crippen LogP contribution is -2.27. The van der Waals surface area contributed by atoms with Crippen molar-refractivity contribution in [2.75, 3.05) is 42.3 Å². The van der Waals surface area contributed by atoms with E-state index < -0.39 is 0 Å². The van der Waals surface area contributed by atoms with E-state index in [9.17, 15) is 4.79 Å². The van der Waals surface area contributed by atoms with Crippen LogP contribution in [0, 0.1) is 0 Å². The van der Waals surface area contributed by atoms with E-state index in [1.807, 2.05) is 61.5 Å². The van der Waals surface area contributed by atoms with E-state index in [2.05, 4.69) is 29.3 Å². The van der Waals surface area contributed by atoms with Gasteiger partial charge in [-0.3, -0.25) is 4.79 Å². The molecule has 2 aromatic rings. The first-order chi connectivity index (χ1) is 11.1. The molecule has 0 atom stereocenters. The molecule has 0 aromatic heterocycles. The van der Waals surface area contributed by atoms with Crippen molar-refractivity contribution in [1.82, 2.24) is 0 Å². The van der Waals surface area contributed by atoms with E-state index in [0.717, 1.165) is 23.6 Å². The molecule has 0 bridgehead atoms. The molecular weight excluding hydrogens is 286 g/mol. The van der Waals surface area contributed by atoms with E-state index >= 15 is 0 Å². The summed E-state index contributed by atoms with van der Waals surface area (Å²) in [4.78, 5) is 16.4. The molecule has 4 heteroatoms. The summed E-state index contributed by atoms with van der Waals surface area (Å²) in [6.45, 7) is 3.70. The fourth-order valence-electron chi connectivity index (χ4n) is 2.41. The highest BCUT2D eigenvalue weighted by Crippen LogP contribution is 2.16. The summed E-state index contributed by atoms with van der Waals surface area (Å²) < 4.78 is 0. The lowest BCUT2D eigenvalue weighted by Gasteiger charge is -2.22. The van der Waals surface area contributed by atoms with Crippen LogP contribution in [0.3, 0.4) is 0 Å². The summed E-state index contributed by atoms with van der Waals surface area (Å²) in [5.41, 5.74) is 3.10. The normalized spacial score (nSPS) is 10.2. The molecule has 0 fully saturated rings. The van der Waals surface area contributed by atoms with Crippen molar-refractivity contribution < 1.29 is 4.79 Å². The first-order valence-electron chi connectivity index (χ1n) is 7.97. The van der Waals surface area contributed by atoms with Gasteiger partial charge in [0.2, 0.25) is 5.91 Å². The first kappa shape index (κ1) is 16.9. The molecule has 0 unspecified atom stereocenters. The van der Waals surface area contributed by atoms with Gasteiger partial charge in [-0.25, -0.2) is 0 Å². The maximum absolute atomic E-state index is 12.1. The second-order valence-corrected chi connectivity index (χ2v) is 5.65. The van der Waals surface area contributed by atoms with Crippen LogP contribution in [-0.4, -0.2) is 33.1 Å². The second-order valence-electron chi connectivity index (χ2n) is 5.65. The van der Waals surface area contributed by atoms with Gasteiger partial charge in [-0.05, 0) is 43.3 Å². The Bertz CT molecular complexity index is 608. The number of para-hydroxylation sites is 1. The molecule has 122 valence electrons. The van der Waals surface area contributed by atoms with Crippen LogP contribution in [0.5, 0.6) is 0 Å². The maximum Gasteiger partial charge on any atom is 0.226 e. The predicted molar refractivity (Wildman–Crippen MR) is 98.3 cm³/mol. The van der Waals surface area contributed by atoms with Crippen LogP contribution in [0.2, 0.25) is 0 Å². The number of carbonyl (C=O) groups is 1. The van der Waals surface area contributed by atoms with Crippen LogP contribution in [0.1, 0.15) is 13.3 Å². The number of benzene rings is 2. The van der Waals surface area contributed by atoms with Crippen molar-refractivity contribution in [3.05, 3.63) is 54.6 Å². The molecule has 2 rings (SSSR count). The highest BCUT2D eigenvalue weighted by molar-refractivity contribution is 5.91. The van der Waals surface area contributed by atoms with Crippen LogP contribution in [-0.2, 0) is 4.79 Å². The smallest absolute Gasteiger partial charge is 0.226 e. The molecule has 0 saturated carbocycles. The SMILES string of the molecule is CCN(CCC(=O)Nc1ccc(N(C)C)cc1)c1ccccc1. The van der Waals surface area contributed by atoms with Gasteiger partial charge in [0.1, 0.15) is 0 Å². The average molecular weight is 311 g/mol. The molecule has 23 heavy (non-hydrogen) atoms. The quantitative estimate of drug-likeness (QED) is 0.848. The Labute approximate surface area is 138 Å². The van der Waals surface area contributed by atoms with Crippen LogP contribution in [0.15, 0.2) is 54.6 Å². The number of carbonyl (C=O) groups excluding carboxylic acids is 1. The molecule has 0 heterocycles. The van der Waals surface area contributed by atoms with Crippen molar-refractivity contribution in [3.63, 3.8) is 0 Å². The van der Waals surface area contributed by atoms with Crippen molar-refractivity contribution in [1.29, 1.82) is 0 Å². The number of anilines is 3. The van der Waals surface area contributed by atoms with E-state index in [1.165, 1.54) is 0 Å². The largest absolute Gasteiger partial charge is 0.378 e. The zero-order valence-electron chi connectivity index (χ0n) is 14.1. The lowest BCUT2D eigenvalue weighted by atomic mass is 10.2. The van der Waals surface area contributed by atoms with Gasteiger partial charge in [-0.2, -0.15) is 0 Å². The molecule has 1 amide bonds. The number of nitrogens with one attached hydrogen (secondary N) is 1. The number of hydrogen-bond acceptors (Lipinski definition) is 3. The van der Waals surface area contributed by atoms with Crippen molar-refractivity contribution >= 4 is 23.0 Å². The molecule has 0 spiro atoms. The maximum atomic E-state index is 12.1. The van der Waals surface area contributed by atoms with E-state index in [4.69, 9.17) is 0 Å². The molecule has 0 saturated heterocycles. The van der Waals surface area contributed by atoms with E-state index in [1.54, 1.807) is 0 Å². The minimum atomic E-state index is 0.0389. The van der Waals surface area contributed by atoms with Crippen LogP contribution < -0.4 is 15.1 Å². The van der Waals surface area contributed by atoms with Gasteiger partial charge < -0.3 is 15.1 Å². The van der Waals surface area contributed by atoms with Gasteiger partial charge in [0.15, 0.2) is 0 Å². The summed E-state index contributed by atoms with van der Waals surface area (Å²) in [5, 5.41) is 2.95. The fraction of sp³-hybridized carbons (Fsp3) is 0.316. The topological polar surface area (TPSA) is 35.6 Å². The molecule has 1 N–H and O–H groups in total. The summed E-state index contributed by atoms with van der Waals surface area (Å²) in [5.74, 6) is 0.0389. The van der Waals surface area contributed by atoms with Gasteiger partial charge in [-0.15, -0.1) is 0 Å². The Hall–Kier alpha value is -2.49. The van der Waals surface area contributed by atoms with Crippen molar-refractivity contribution in [2.45, 2.75) is 13.3 Å². The lowest BCUT2D eigenvalue weighted by molar-refractivity contribution is -0.116. The Morgan fingerprint density at radius 1 is 0.957 bits per heavy atom. The zero-order chi connectivity index (χ0) is 16.7. The summed E-state index contributed by atoms with van der Waals surface area (Å²) in [6.07, 6.45) is 0.470. The third-order valence-electron chi connectivity index (χ3n) is 3.78. The highest BCUT2D eigenvalue weighted by Gasteiger charge is 2.08. The Kier molecular flexibility index (Phi) is 6.03. The Balaban J connectivity index is 1.87. The standard InChI is InChI=1S/C19H25N3O/c1-4-22(18-8-6-5-7-9-18)15-14-19(23)20-16-10-12-17(13-11-16)21(2)3/h5-13H,4,14-15H2,1-3H3,(H,20,23). The second kappa shape index (κ2) is 8.22. The Morgan fingerprint density at radius 2 is 1.61 bits per heavy atom. The van der Waals surface area contributed by atoms with Gasteiger partial charge in [0, 0.05) is 50.7 Å².